The lowest BCUT2D eigenvalue weighted by Crippen LogP contribution is -2.47. The predicted octanol–water partition coefficient (Wildman–Crippen LogP) is -3.35. The van der Waals surface area contributed by atoms with E-state index < -0.39 is 157 Å². The summed E-state index contributed by atoms with van der Waals surface area (Å²) in [6, 6.07) is 0. The summed E-state index contributed by atoms with van der Waals surface area (Å²) in [4.78, 5) is 109. The summed E-state index contributed by atoms with van der Waals surface area (Å²) in [5, 5.41) is 102. The fourth-order valence-corrected chi connectivity index (χ4v) is 15.1. The summed E-state index contributed by atoms with van der Waals surface area (Å²) in [6.45, 7) is -4.49. The Hall–Kier alpha value is -1.78. The number of halogens is 6. The minimum absolute atomic E-state index is 0.0493. The number of anilines is 2. The summed E-state index contributed by atoms with van der Waals surface area (Å²) in [6.07, 6.45) is -6.80. The van der Waals surface area contributed by atoms with Crippen molar-refractivity contribution in [3.8, 4) is 0 Å². The maximum absolute atomic E-state index is 13.5. The molecule has 0 fully saturated rings. The predicted molar refractivity (Wildman–Crippen MR) is 299 cm³/mol. The van der Waals surface area contributed by atoms with Gasteiger partial charge in [-0.3, -0.25) is 38.4 Å². The van der Waals surface area contributed by atoms with Crippen LogP contribution in [0.1, 0.15) is 55.3 Å². The molecule has 0 aliphatic heterocycles. The number of hydrogen-bond acceptors (Lipinski definition) is 17. The molecule has 0 spiro atoms. The highest BCUT2D eigenvalue weighted by atomic mass is 127. The minimum atomic E-state index is -1.47. The number of aliphatic hydroxyl groups excluding tert-OH is 9. The van der Waals surface area contributed by atoms with Crippen molar-refractivity contribution >= 4 is 194 Å². The molecule has 0 saturated heterocycles. The van der Waals surface area contributed by atoms with Crippen LogP contribution in [0.2, 0.25) is 0 Å². The van der Waals surface area contributed by atoms with Crippen LogP contribution in [0.15, 0.2) is 0 Å². The average Bonchev–Trinajstić information content (AvgIpc) is 3.30. The Bertz CT molecular complexity index is 2020. The molecule has 0 aliphatic carbocycles. The molecule has 0 heterocycles. The zero-order valence-electron chi connectivity index (χ0n) is 36.8. The first-order valence-corrected chi connectivity index (χ1v) is 26.7. The van der Waals surface area contributed by atoms with Crippen LogP contribution < -0.4 is 41.7 Å². The number of nitrogens with one attached hydrogen (secondary N) is 6. The van der Waals surface area contributed by atoms with E-state index in [0.717, 1.165) is 23.6 Å². The Morgan fingerprint density at radius 3 is 0.800 bits per heavy atom. The number of hydrogen-bond donors (Lipinski definition) is 15. The van der Waals surface area contributed by atoms with Crippen LogP contribution in [-0.2, 0) is 19.2 Å². The van der Waals surface area contributed by atoms with Gasteiger partial charge in [0.05, 0.1) is 105 Å². The molecule has 0 saturated carbocycles. The van der Waals surface area contributed by atoms with Crippen molar-refractivity contribution in [2.24, 2.45) is 0 Å². The maximum atomic E-state index is 13.5. The average molecular weight is 1660 g/mol. The highest BCUT2D eigenvalue weighted by Gasteiger charge is 2.34. The molecule has 390 valence electrons. The standard InChI is InChI=1S/C39H50I6N8O17/c1-15(58)52(34-30(42)24(36(67)48-5-18(61)11-54)28(40)25(31(34)43)37(68)49-6-19(62)12-55)9-22(65)46-3-17(60)4-47-23(66)10-53(16(2)59)35-32(44)26(38(69)50-7-20(63)13-56)29(41)27(33(35)45)39(70)51-8-21(64)14-57/h17-21,54-57,60-64H,3-14H2,1-2H3,(H,46,65)(H,47,66)(H,48,67)(H,49,68)(H,50,69)(H,51,70). The van der Waals surface area contributed by atoms with Gasteiger partial charge in [-0.25, -0.2) is 0 Å². The van der Waals surface area contributed by atoms with Crippen LogP contribution >= 0.6 is 136 Å². The lowest BCUT2D eigenvalue weighted by molar-refractivity contribution is -0.123. The molecule has 70 heavy (non-hydrogen) atoms. The molecule has 31 heteroatoms. The van der Waals surface area contributed by atoms with Gasteiger partial charge in [0.15, 0.2) is 0 Å². The third-order valence-electron chi connectivity index (χ3n) is 9.30. The van der Waals surface area contributed by atoms with Gasteiger partial charge in [0.1, 0.15) is 13.1 Å². The number of aliphatic hydroxyl groups is 9. The second kappa shape index (κ2) is 31.2. The molecule has 0 bridgehead atoms. The van der Waals surface area contributed by atoms with Gasteiger partial charge in [-0.2, -0.15) is 0 Å². The monoisotopic (exact) mass is 1660 g/mol. The maximum Gasteiger partial charge on any atom is 0.253 e. The van der Waals surface area contributed by atoms with Crippen molar-refractivity contribution in [1.29, 1.82) is 0 Å². The molecule has 4 unspecified atom stereocenters. The van der Waals surface area contributed by atoms with E-state index in [2.05, 4.69) is 31.9 Å². The van der Waals surface area contributed by atoms with Crippen LogP contribution in [0.4, 0.5) is 11.4 Å². The van der Waals surface area contributed by atoms with E-state index in [1.807, 2.05) is 0 Å². The highest BCUT2D eigenvalue weighted by molar-refractivity contribution is 14.1. The third kappa shape index (κ3) is 18.3. The van der Waals surface area contributed by atoms with Gasteiger partial charge in [-0.05, 0) is 136 Å². The second-order valence-corrected chi connectivity index (χ2v) is 21.2. The van der Waals surface area contributed by atoms with Gasteiger partial charge in [0, 0.05) is 60.3 Å². The summed E-state index contributed by atoms with van der Waals surface area (Å²) >= 11 is 10.5. The Balaban J connectivity index is 2.41. The van der Waals surface area contributed by atoms with Crippen LogP contribution in [-0.4, -0.2) is 203 Å². The normalized spacial score (nSPS) is 13.2. The molecule has 2 rings (SSSR count). The van der Waals surface area contributed by atoms with E-state index >= 15 is 0 Å². The number of nitrogens with zero attached hydrogens (tertiary/aromatic N) is 2. The molecular weight excluding hydrogens is 1610 g/mol. The first-order chi connectivity index (χ1) is 32.8. The van der Waals surface area contributed by atoms with Crippen molar-refractivity contribution in [3.63, 3.8) is 0 Å². The molecule has 0 aliphatic rings. The first-order valence-electron chi connectivity index (χ1n) is 20.3. The first kappa shape index (κ1) is 64.3. The SMILES string of the molecule is CC(=O)N(CC(=O)NCC(O)CNC(=O)CN(C(C)=O)c1c(I)c(C(=O)NCC(O)CO)c(I)c(C(=O)NCC(O)CO)c1I)c1c(I)c(C(=O)NCC(O)CO)c(I)c(C(=O)NCC(O)CO)c1I. The second-order valence-electron chi connectivity index (χ2n) is 14.7. The number of carbonyl (C=O) groups excluding carboxylic acids is 8. The van der Waals surface area contributed by atoms with Gasteiger partial charge in [0.25, 0.3) is 23.6 Å². The van der Waals surface area contributed by atoms with E-state index in [-0.39, 0.29) is 55.0 Å². The van der Waals surface area contributed by atoms with Crippen molar-refractivity contribution in [2.75, 3.05) is 88.6 Å². The zero-order chi connectivity index (χ0) is 53.3. The molecule has 0 aromatic heterocycles. The molecule has 15 N–H and O–H groups in total. The molecule has 25 nitrogen and oxygen atoms in total. The van der Waals surface area contributed by atoms with E-state index in [1.54, 1.807) is 136 Å². The summed E-state index contributed by atoms with van der Waals surface area (Å²) in [7, 11) is 0. The van der Waals surface area contributed by atoms with Crippen LogP contribution in [0.3, 0.4) is 0 Å². The Morgan fingerprint density at radius 2 is 0.600 bits per heavy atom. The topological polar surface area (TPSA) is 397 Å². The van der Waals surface area contributed by atoms with Crippen LogP contribution in [0, 0.1) is 21.4 Å². The van der Waals surface area contributed by atoms with Gasteiger partial charge in [-0.15, -0.1) is 0 Å². The molecule has 2 aromatic carbocycles. The molecule has 8 amide bonds. The third-order valence-corrected chi connectivity index (χ3v) is 15.7. The van der Waals surface area contributed by atoms with Crippen LogP contribution in [0.25, 0.3) is 0 Å². The minimum Gasteiger partial charge on any atom is -0.394 e. The molecule has 2 aromatic rings. The largest absolute Gasteiger partial charge is 0.394 e. The van der Waals surface area contributed by atoms with Crippen molar-refractivity contribution < 1.29 is 84.3 Å². The Labute approximate surface area is 481 Å². The van der Waals surface area contributed by atoms with Gasteiger partial charge in [0.2, 0.25) is 23.6 Å². The summed E-state index contributed by atoms with van der Waals surface area (Å²) < 4.78 is 0.575. The smallest absolute Gasteiger partial charge is 0.253 e. The van der Waals surface area contributed by atoms with Crippen molar-refractivity contribution in [1.82, 2.24) is 31.9 Å². The Morgan fingerprint density at radius 1 is 0.386 bits per heavy atom. The fourth-order valence-electron chi connectivity index (χ4n) is 5.66. The van der Waals surface area contributed by atoms with Gasteiger partial charge in [-0.1, -0.05) is 0 Å². The Kier molecular flexibility index (Phi) is 28.7. The van der Waals surface area contributed by atoms with E-state index in [1.165, 1.54) is 0 Å². The summed E-state index contributed by atoms with van der Waals surface area (Å²) in [5.74, 6) is -6.40. The fraction of sp³-hybridized carbons (Fsp3) is 0.487. The van der Waals surface area contributed by atoms with Crippen LogP contribution in [0.5, 0.6) is 0 Å². The lowest BCUT2D eigenvalue weighted by atomic mass is 10.1. The number of rotatable bonds is 26. The van der Waals surface area contributed by atoms with Gasteiger partial charge < -0.3 is 87.7 Å². The van der Waals surface area contributed by atoms with E-state index in [0.29, 0.717) is 0 Å². The highest BCUT2D eigenvalue weighted by Crippen LogP contribution is 2.39. The van der Waals surface area contributed by atoms with Crippen molar-refractivity contribution in [3.05, 3.63) is 43.7 Å². The molecule has 0 radical (unpaired) electrons. The number of carbonyl (C=O) groups is 8. The molecular formula is C39H50I6N8O17. The quantitative estimate of drug-likeness (QED) is 0.0409. The molecule has 4 atom stereocenters. The van der Waals surface area contributed by atoms with E-state index in [9.17, 15) is 84.3 Å². The van der Waals surface area contributed by atoms with Crippen molar-refractivity contribution in [2.45, 2.75) is 44.4 Å². The van der Waals surface area contributed by atoms with E-state index in [4.69, 9.17) is 0 Å². The number of amides is 8. The number of benzene rings is 2. The van der Waals surface area contributed by atoms with Gasteiger partial charge >= 0.3 is 0 Å². The summed E-state index contributed by atoms with van der Waals surface area (Å²) in [5.41, 5.74) is -0.639. The lowest BCUT2D eigenvalue weighted by Gasteiger charge is -2.27. The zero-order valence-corrected chi connectivity index (χ0v) is 49.8.